The molecule has 1 aliphatic heterocycles. The first-order valence-electron chi connectivity index (χ1n) is 9.99. The largest absolute Gasteiger partial charge is 0.465 e. The fraction of sp³-hybridized carbons (Fsp3) is 0.120. The zero-order chi connectivity index (χ0) is 22.7. The van der Waals surface area contributed by atoms with E-state index < -0.39 is 29.7 Å². The minimum absolute atomic E-state index is 0.148. The van der Waals surface area contributed by atoms with Crippen molar-refractivity contribution in [2.75, 3.05) is 12.4 Å². The third-order valence-electron chi connectivity index (χ3n) is 5.26. The van der Waals surface area contributed by atoms with Gasteiger partial charge in [-0.15, -0.1) is 0 Å². The van der Waals surface area contributed by atoms with Crippen molar-refractivity contribution < 1.29 is 23.9 Å². The number of anilines is 1. The van der Waals surface area contributed by atoms with E-state index in [1.54, 1.807) is 42.5 Å². The number of methoxy groups -OCH3 is 1. The van der Waals surface area contributed by atoms with Crippen LogP contribution in [-0.2, 0) is 16.0 Å². The molecule has 0 saturated carbocycles. The first kappa shape index (κ1) is 21.0. The van der Waals surface area contributed by atoms with E-state index in [4.69, 9.17) is 4.74 Å². The zero-order valence-electron chi connectivity index (χ0n) is 17.3. The topological polar surface area (TPSA) is 92.8 Å². The molecule has 0 spiro atoms. The van der Waals surface area contributed by atoms with Crippen LogP contribution in [0.4, 0.5) is 5.69 Å². The Bertz CT molecular complexity index is 1170. The lowest BCUT2D eigenvalue weighted by Crippen LogP contribution is -2.48. The Balaban J connectivity index is 1.66. The molecule has 32 heavy (non-hydrogen) atoms. The Labute approximate surface area is 184 Å². The van der Waals surface area contributed by atoms with Gasteiger partial charge in [-0.1, -0.05) is 48.5 Å². The highest BCUT2D eigenvalue weighted by Crippen LogP contribution is 2.26. The molecule has 4 rings (SSSR count). The van der Waals surface area contributed by atoms with Crippen LogP contribution in [0.5, 0.6) is 0 Å². The lowest BCUT2D eigenvalue weighted by atomic mass is 10.0. The summed E-state index contributed by atoms with van der Waals surface area (Å²) in [5, 5.41) is 2.73. The second-order valence-corrected chi connectivity index (χ2v) is 7.29. The van der Waals surface area contributed by atoms with E-state index in [0.717, 1.165) is 10.5 Å². The molecule has 1 N–H and O–H groups in total. The summed E-state index contributed by atoms with van der Waals surface area (Å²) in [7, 11) is 1.27. The van der Waals surface area contributed by atoms with Gasteiger partial charge in [0.25, 0.3) is 11.8 Å². The van der Waals surface area contributed by atoms with Gasteiger partial charge in [-0.25, -0.2) is 4.79 Å². The maximum atomic E-state index is 13.3. The number of hydrogen-bond donors (Lipinski definition) is 1. The van der Waals surface area contributed by atoms with E-state index in [-0.39, 0.29) is 23.1 Å². The summed E-state index contributed by atoms with van der Waals surface area (Å²) in [5.41, 5.74) is 1.97. The number of rotatable bonds is 6. The molecule has 3 aromatic carbocycles. The molecule has 160 valence electrons. The van der Waals surface area contributed by atoms with Crippen LogP contribution >= 0.6 is 0 Å². The second-order valence-electron chi connectivity index (χ2n) is 7.29. The van der Waals surface area contributed by atoms with Crippen LogP contribution in [0.2, 0.25) is 0 Å². The molecule has 0 fully saturated rings. The van der Waals surface area contributed by atoms with Crippen LogP contribution in [0.15, 0.2) is 78.9 Å². The number of ether oxygens (including phenoxy) is 1. The maximum absolute atomic E-state index is 13.3. The SMILES string of the molecule is COC(=O)c1cccc(NC(=O)[C@@H](Cc2ccccc2)N2C(=O)c3ccccc3C2=O)c1. The summed E-state index contributed by atoms with van der Waals surface area (Å²) in [5.74, 6) is -2.09. The molecular weight excluding hydrogens is 408 g/mol. The second kappa shape index (κ2) is 8.85. The number of imide groups is 1. The van der Waals surface area contributed by atoms with Crippen molar-refractivity contribution in [2.45, 2.75) is 12.5 Å². The number of amides is 3. The molecule has 0 bridgehead atoms. The molecular formula is C25H20N2O5. The Kier molecular flexibility index (Phi) is 5.81. The van der Waals surface area contributed by atoms with Gasteiger partial charge in [-0.3, -0.25) is 19.3 Å². The number of esters is 1. The summed E-state index contributed by atoms with van der Waals surface area (Å²) in [6.45, 7) is 0. The van der Waals surface area contributed by atoms with Crippen molar-refractivity contribution >= 4 is 29.4 Å². The molecule has 3 amide bonds. The number of carbonyl (C=O) groups is 4. The highest BCUT2D eigenvalue weighted by Gasteiger charge is 2.42. The normalized spacial score (nSPS) is 13.5. The zero-order valence-corrected chi connectivity index (χ0v) is 17.3. The number of nitrogens with zero attached hydrogens (tertiary/aromatic N) is 1. The molecule has 1 heterocycles. The summed E-state index contributed by atoms with van der Waals surface area (Å²) in [6.07, 6.45) is 0.148. The van der Waals surface area contributed by atoms with Crippen LogP contribution in [0.3, 0.4) is 0 Å². The van der Waals surface area contributed by atoms with E-state index in [2.05, 4.69) is 5.32 Å². The standard InChI is InChI=1S/C25H20N2O5/c1-32-25(31)17-10-7-11-18(15-17)26-22(28)21(14-16-8-3-2-4-9-16)27-23(29)19-12-5-6-13-20(19)24(27)30/h2-13,15,21H,14H2,1H3,(H,26,28)/t21-/m1/s1. The lowest BCUT2D eigenvalue weighted by molar-refractivity contribution is -0.119. The average Bonchev–Trinajstić information content (AvgIpc) is 3.08. The monoisotopic (exact) mass is 428 g/mol. The van der Waals surface area contributed by atoms with Gasteiger partial charge < -0.3 is 10.1 Å². The van der Waals surface area contributed by atoms with Gasteiger partial charge in [0.05, 0.1) is 23.8 Å². The molecule has 0 saturated heterocycles. The Morgan fingerprint density at radius 3 is 2.12 bits per heavy atom. The van der Waals surface area contributed by atoms with Crippen LogP contribution in [0, 0.1) is 0 Å². The predicted molar refractivity (Wildman–Crippen MR) is 117 cm³/mol. The fourth-order valence-electron chi connectivity index (χ4n) is 3.70. The fourth-order valence-corrected chi connectivity index (χ4v) is 3.70. The van der Waals surface area contributed by atoms with E-state index in [1.807, 2.05) is 30.3 Å². The van der Waals surface area contributed by atoms with E-state index in [1.165, 1.54) is 13.2 Å². The summed E-state index contributed by atoms with van der Waals surface area (Å²) in [6, 6.07) is 20.9. The quantitative estimate of drug-likeness (QED) is 0.480. The molecule has 0 unspecified atom stereocenters. The summed E-state index contributed by atoms with van der Waals surface area (Å²) < 4.78 is 4.72. The number of carbonyl (C=O) groups excluding carboxylic acids is 4. The first-order chi connectivity index (χ1) is 15.5. The Morgan fingerprint density at radius 2 is 1.50 bits per heavy atom. The highest BCUT2D eigenvalue weighted by molar-refractivity contribution is 6.23. The van der Waals surface area contributed by atoms with Gasteiger partial charge in [-0.05, 0) is 35.9 Å². The molecule has 0 radical (unpaired) electrons. The maximum Gasteiger partial charge on any atom is 0.337 e. The Morgan fingerprint density at radius 1 is 0.875 bits per heavy atom. The lowest BCUT2D eigenvalue weighted by Gasteiger charge is -2.25. The van der Waals surface area contributed by atoms with Crippen LogP contribution in [0.1, 0.15) is 36.6 Å². The molecule has 7 heteroatoms. The van der Waals surface area contributed by atoms with Crippen molar-refractivity contribution in [3.05, 3.63) is 101 Å². The van der Waals surface area contributed by atoms with Crippen molar-refractivity contribution in [1.82, 2.24) is 4.90 Å². The minimum Gasteiger partial charge on any atom is -0.465 e. The highest BCUT2D eigenvalue weighted by atomic mass is 16.5. The molecule has 0 aliphatic carbocycles. The predicted octanol–water partition coefficient (Wildman–Crippen LogP) is 3.32. The number of benzene rings is 3. The first-order valence-corrected chi connectivity index (χ1v) is 9.99. The smallest absolute Gasteiger partial charge is 0.337 e. The van der Waals surface area contributed by atoms with E-state index in [0.29, 0.717) is 5.69 Å². The number of nitrogens with one attached hydrogen (secondary N) is 1. The van der Waals surface area contributed by atoms with Gasteiger partial charge in [0.2, 0.25) is 5.91 Å². The van der Waals surface area contributed by atoms with Crippen molar-refractivity contribution in [3.63, 3.8) is 0 Å². The summed E-state index contributed by atoms with van der Waals surface area (Å²) >= 11 is 0. The number of fused-ring (bicyclic) bond motifs is 1. The van der Waals surface area contributed by atoms with Crippen LogP contribution in [0.25, 0.3) is 0 Å². The third-order valence-corrected chi connectivity index (χ3v) is 5.26. The van der Waals surface area contributed by atoms with E-state index in [9.17, 15) is 19.2 Å². The van der Waals surface area contributed by atoms with Gasteiger partial charge >= 0.3 is 5.97 Å². The van der Waals surface area contributed by atoms with Crippen molar-refractivity contribution in [3.8, 4) is 0 Å². The van der Waals surface area contributed by atoms with Gasteiger partial charge in [0.1, 0.15) is 6.04 Å². The molecule has 1 atom stereocenters. The van der Waals surface area contributed by atoms with E-state index >= 15 is 0 Å². The van der Waals surface area contributed by atoms with Crippen LogP contribution < -0.4 is 5.32 Å². The van der Waals surface area contributed by atoms with Crippen molar-refractivity contribution in [2.24, 2.45) is 0 Å². The van der Waals surface area contributed by atoms with Gasteiger partial charge in [-0.2, -0.15) is 0 Å². The molecule has 0 aromatic heterocycles. The molecule has 3 aromatic rings. The minimum atomic E-state index is -1.08. The number of hydrogen-bond acceptors (Lipinski definition) is 5. The Hall–Kier alpha value is -4.26. The van der Waals surface area contributed by atoms with Gasteiger partial charge in [0, 0.05) is 12.1 Å². The van der Waals surface area contributed by atoms with Gasteiger partial charge in [0.15, 0.2) is 0 Å². The molecule has 1 aliphatic rings. The third kappa shape index (κ3) is 4.00. The average molecular weight is 428 g/mol. The van der Waals surface area contributed by atoms with Crippen LogP contribution in [-0.4, -0.2) is 41.7 Å². The summed E-state index contributed by atoms with van der Waals surface area (Å²) in [4.78, 5) is 52.2. The molecule has 7 nitrogen and oxygen atoms in total. The van der Waals surface area contributed by atoms with Crippen molar-refractivity contribution in [1.29, 1.82) is 0 Å².